The Morgan fingerprint density at radius 2 is 2.09 bits per heavy atom. The quantitative estimate of drug-likeness (QED) is 0.527. The molecule has 0 radical (unpaired) electrons. The van der Waals surface area contributed by atoms with Gasteiger partial charge in [0.15, 0.2) is 5.75 Å². The molecule has 2 aromatic carbocycles. The Morgan fingerprint density at radius 3 is 2.73 bits per heavy atom. The molecule has 1 aliphatic heterocycles. The maximum Gasteiger partial charge on any atom is 0.336 e. The lowest BCUT2D eigenvalue weighted by Gasteiger charge is -2.23. The van der Waals surface area contributed by atoms with Gasteiger partial charge in [-0.25, -0.2) is 17.6 Å². The van der Waals surface area contributed by atoms with E-state index in [2.05, 4.69) is 14.5 Å². The monoisotopic (exact) mass is 491 g/mol. The predicted molar refractivity (Wildman–Crippen MR) is 122 cm³/mol. The van der Waals surface area contributed by atoms with Gasteiger partial charge in [0, 0.05) is 37.3 Å². The first-order valence-corrected chi connectivity index (χ1v) is 11.9. The van der Waals surface area contributed by atoms with Gasteiger partial charge < -0.3 is 14.5 Å². The van der Waals surface area contributed by atoms with Crippen LogP contribution in [-0.4, -0.2) is 48.6 Å². The van der Waals surface area contributed by atoms with Gasteiger partial charge in [0.05, 0.1) is 32.5 Å². The average Bonchev–Trinajstić information content (AvgIpc) is 3.07. The number of carboxylic acid groups (broad SMARTS) is 1. The summed E-state index contributed by atoms with van der Waals surface area (Å²) in [4.78, 5) is 30.7. The van der Waals surface area contributed by atoms with Crippen LogP contribution >= 0.6 is 9.47 Å². The number of carbonyl (C=O) groups is 2. The number of pyridine rings is 1. The minimum absolute atomic E-state index is 0.00828. The van der Waals surface area contributed by atoms with Crippen LogP contribution in [-0.2, 0) is 23.1 Å². The second-order valence-electron chi connectivity index (χ2n) is 7.55. The average molecular weight is 491 g/mol. The standard InChI is InChI=1S/C21H19FN3O6PS/c1-24(33(2,29)30)18-13-4-3-7-23-17(13)19(31-32)16-15(18)10-25(20(16)26)9-11-5-6-12(22)8-14(11)21(27)28/h3-8H,9-10,32H2,1-2H3,(H,27,28). The minimum Gasteiger partial charge on any atom is -0.478 e. The third kappa shape index (κ3) is 3.87. The molecule has 0 bridgehead atoms. The molecule has 4 rings (SSSR count). The first kappa shape index (κ1) is 22.9. The van der Waals surface area contributed by atoms with Crippen molar-refractivity contribution in [2.75, 3.05) is 17.6 Å². The topological polar surface area (TPSA) is 117 Å². The van der Waals surface area contributed by atoms with Crippen molar-refractivity contribution in [3.8, 4) is 5.75 Å². The van der Waals surface area contributed by atoms with Crippen LogP contribution in [0.15, 0.2) is 36.5 Å². The number of benzene rings is 2. The summed E-state index contributed by atoms with van der Waals surface area (Å²) in [6.07, 6.45) is 2.55. The molecule has 2 heterocycles. The molecule has 172 valence electrons. The van der Waals surface area contributed by atoms with Crippen LogP contribution in [0.3, 0.4) is 0 Å². The highest BCUT2D eigenvalue weighted by Gasteiger charge is 2.38. The molecule has 1 amide bonds. The van der Waals surface area contributed by atoms with Crippen molar-refractivity contribution in [3.63, 3.8) is 0 Å². The highest BCUT2D eigenvalue weighted by Crippen LogP contribution is 2.45. The molecule has 1 unspecified atom stereocenters. The van der Waals surface area contributed by atoms with Gasteiger partial charge >= 0.3 is 5.97 Å². The van der Waals surface area contributed by atoms with Crippen LogP contribution in [0.1, 0.15) is 31.8 Å². The van der Waals surface area contributed by atoms with E-state index >= 15 is 0 Å². The minimum atomic E-state index is -3.69. The van der Waals surface area contributed by atoms with Gasteiger partial charge in [-0.15, -0.1) is 0 Å². The van der Waals surface area contributed by atoms with E-state index in [-0.39, 0.29) is 41.2 Å². The highest BCUT2D eigenvalue weighted by atomic mass is 32.2. The van der Waals surface area contributed by atoms with Crippen LogP contribution in [0.2, 0.25) is 0 Å². The second-order valence-corrected chi connectivity index (χ2v) is 9.80. The first-order chi connectivity index (χ1) is 15.5. The number of carboxylic acids is 1. The molecule has 0 fully saturated rings. The van der Waals surface area contributed by atoms with Gasteiger partial charge in [0.25, 0.3) is 5.91 Å². The molecule has 1 aliphatic rings. The number of nitrogens with zero attached hydrogens (tertiary/aromatic N) is 3. The van der Waals surface area contributed by atoms with Crippen LogP contribution in [0.5, 0.6) is 5.75 Å². The smallest absolute Gasteiger partial charge is 0.336 e. The molecule has 12 heteroatoms. The Bertz CT molecular complexity index is 1430. The number of amides is 1. The zero-order valence-corrected chi connectivity index (χ0v) is 19.5. The molecule has 0 saturated carbocycles. The normalized spacial score (nSPS) is 13.3. The van der Waals surface area contributed by atoms with Crippen molar-refractivity contribution in [2.45, 2.75) is 13.1 Å². The largest absolute Gasteiger partial charge is 0.478 e. The van der Waals surface area contributed by atoms with Gasteiger partial charge in [-0.05, 0) is 29.8 Å². The van der Waals surface area contributed by atoms with Crippen molar-refractivity contribution < 1.29 is 32.0 Å². The van der Waals surface area contributed by atoms with Gasteiger partial charge in [-0.2, -0.15) is 0 Å². The summed E-state index contributed by atoms with van der Waals surface area (Å²) in [6.45, 7) is -0.136. The third-order valence-electron chi connectivity index (χ3n) is 5.54. The summed E-state index contributed by atoms with van der Waals surface area (Å²) in [7, 11) is -0.239. The van der Waals surface area contributed by atoms with Gasteiger partial charge in [0.2, 0.25) is 10.0 Å². The summed E-state index contributed by atoms with van der Waals surface area (Å²) in [5.41, 5.74) is 1.11. The first-order valence-electron chi connectivity index (χ1n) is 9.59. The molecule has 0 saturated heterocycles. The number of hydrogen-bond acceptors (Lipinski definition) is 6. The number of aromatic carboxylic acids is 1. The van der Waals surface area contributed by atoms with Crippen LogP contribution in [0, 0.1) is 5.82 Å². The zero-order valence-electron chi connectivity index (χ0n) is 17.6. The maximum atomic E-state index is 13.6. The molecule has 9 nitrogen and oxygen atoms in total. The molecule has 1 atom stereocenters. The number of rotatable bonds is 6. The fraction of sp³-hybridized carbons (Fsp3) is 0.190. The number of fused-ring (bicyclic) bond motifs is 2. The van der Waals surface area contributed by atoms with E-state index < -0.39 is 27.7 Å². The van der Waals surface area contributed by atoms with Gasteiger partial charge in [0.1, 0.15) is 11.3 Å². The summed E-state index contributed by atoms with van der Waals surface area (Å²) in [6, 6.07) is 6.65. The molecule has 0 aliphatic carbocycles. The van der Waals surface area contributed by atoms with Crippen molar-refractivity contribution in [3.05, 3.63) is 64.6 Å². The number of hydrogen-bond donors (Lipinski definition) is 1. The number of anilines is 1. The number of carbonyl (C=O) groups excluding carboxylic acids is 1. The Kier molecular flexibility index (Phi) is 5.71. The fourth-order valence-corrected chi connectivity index (χ4v) is 4.74. The second kappa shape index (κ2) is 8.24. The van der Waals surface area contributed by atoms with Crippen molar-refractivity contribution in [1.82, 2.24) is 9.88 Å². The third-order valence-corrected chi connectivity index (χ3v) is 6.95. The van der Waals surface area contributed by atoms with Crippen molar-refractivity contribution in [2.24, 2.45) is 0 Å². The van der Waals surface area contributed by atoms with Crippen LogP contribution in [0.25, 0.3) is 10.9 Å². The lowest BCUT2D eigenvalue weighted by molar-refractivity contribution is 0.0685. The predicted octanol–water partition coefficient (Wildman–Crippen LogP) is 2.79. The molecule has 3 aromatic rings. The highest BCUT2D eigenvalue weighted by molar-refractivity contribution is 7.92. The van der Waals surface area contributed by atoms with E-state index in [0.29, 0.717) is 16.5 Å². The molecule has 33 heavy (non-hydrogen) atoms. The van der Waals surface area contributed by atoms with E-state index in [1.807, 2.05) is 0 Å². The van der Waals surface area contributed by atoms with E-state index in [9.17, 15) is 27.5 Å². The van der Waals surface area contributed by atoms with Crippen molar-refractivity contribution in [1.29, 1.82) is 0 Å². The zero-order chi connectivity index (χ0) is 24.1. The summed E-state index contributed by atoms with van der Waals surface area (Å²) in [5.74, 6) is -2.35. The summed E-state index contributed by atoms with van der Waals surface area (Å²) in [5, 5.41) is 9.92. The maximum absolute atomic E-state index is 13.6. The number of halogens is 1. The summed E-state index contributed by atoms with van der Waals surface area (Å²) < 4.78 is 44.9. The molecule has 0 spiro atoms. The Morgan fingerprint density at radius 1 is 1.36 bits per heavy atom. The number of sulfonamides is 1. The van der Waals surface area contributed by atoms with Gasteiger partial charge in [-0.1, -0.05) is 6.07 Å². The lowest BCUT2D eigenvalue weighted by atomic mass is 10.0. The van der Waals surface area contributed by atoms with Crippen LogP contribution in [0.4, 0.5) is 10.1 Å². The van der Waals surface area contributed by atoms with E-state index in [1.54, 1.807) is 12.1 Å². The number of aromatic nitrogens is 1. The lowest BCUT2D eigenvalue weighted by Crippen LogP contribution is -2.27. The van der Waals surface area contributed by atoms with Crippen molar-refractivity contribution >= 4 is 48.0 Å². The van der Waals surface area contributed by atoms with Gasteiger partial charge in [-0.3, -0.25) is 14.1 Å². The summed E-state index contributed by atoms with van der Waals surface area (Å²) >= 11 is 0. The Balaban J connectivity index is 1.91. The van der Waals surface area contributed by atoms with Crippen LogP contribution < -0.4 is 8.83 Å². The fourth-order valence-electron chi connectivity index (χ4n) is 3.97. The van der Waals surface area contributed by atoms with E-state index in [4.69, 9.17) is 4.52 Å². The Labute approximate surface area is 191 Å². The van der Waals surface area contributed by atoms with E-state index in [0.717, 1.165) is 22.7 Å². The molecule has 1 N–H and O–H groups in total. The van der Waals surface area contributed by atoms with E-state index in [1.165, 1.54) is 24.2 Å². The molecule has 1 aromatic heterocycles. The molecular formula is C21H19FN3O6PS. The SMILES string of the molecule is CN(c1c2c(c(OP)c3ncccc13)C(=O)N(Cc1ccc(F)cc1C(=O)O)C2)S(C)(=O)=O. The molecular weight excluding hydrogens is 472 g/mol. The Hall–Kier alpha value is -3.30.